The van der Waals surface area contributed by atoms with Gasteiger partial charge in [-0.2, -0.15) is 0 Å². The molecule has 1 unspecified atom stereocenters. The molecule has 0 spiro atoms. The summed E-state index contributed by atoms with van der Waals surface area (Å²) in [4.78, 5) is 0. The molecule has 1 saturated heterocycles. The second-order valence-electron chi connectivity index (χ2n) is 4.62. The van der Waals surface area contributed by atoms with Crippen LogP contribution < -0.4 is 5.32 Å². The van der Waals surface area contributed by atoms with Gasteiger partial charge >= 0.3 is 0 Å². The highest BCUT2D eigenvalue weighted by molar-refractivity contribution is 4.78. The second kappa shape index (κ2) is 5.69. The second-order valence-corrected chi connectivity index (χ2v) is 4.62. The van der Waals surface area contributed by atoms with Gasteiger partial charge in [0.15, 0.2) is 0 Å². The Morgan fingerprint density at radius 3 is 2.79 bits per heavy atom. The molecule has 1 N–H and O–H groups in total. The summed E-state index contributed by atoms with van der Waals surface area (Å²) in [6.45, 7) is 8.94. The first-order valence-electron chi connectivity index (χ1n) is 5.58. The SMILES string of the molecule is CCCC(C)(C)NCC1CCOCO1. The van der Waals surface area contributed by atoms with E-state index < -0.39 is 0 Å². The lowest BCUT2D eigenvalue weighted by molar-refractivity contribution is -0.138. The third kappa shape index (κ3) is 4.40. The number of ether oxygens (including phenoxy) is 2. The van der Waals surface area contributed by atoms with Crippen LogP contribution in [0.3, 0.4) is 0 Å². The third-order valence-electron chi connectivity index (χ3n) is 2.65. The van der Waals surface area contributed by atoms with Crippen LogP contribution in [0.1, 0.15) is 40.0 Å². The average molecular weight is 201 g/mol. The van der Waals surface area contributed by atoms with Crippen LogP contribution in [0, 0.1) is 0 Å². The van der Waals surface area contributed by atoms with E-state index in [1.54, 1.807) is 0 Å². The lowest BCUT2D eigenvalue weighted by Crippen LogP contribution is -2.45. The number of hydrogen-bond acceptors (Lipinski definition) is 3. The van der Waals surface area contributed by atoms with Gasteiger partial charge in [-0.15, -0.1) is 0 Å². The molecule has 0 saturated carbocycles. The summed E-state index contributed by atoms with van der Waals surface area (Å²) in [6.07, 6.45) is 3.76. The van der Waals surface area contributed by atoms with Crippen molar-refractivity contribution in [2.45, 2.75) is 51.7 Å². The molecule has 0 aromatic carbocycles. The van der Waals surface area contributed by atoms with Crippen LogP contribution in [0.2, 0.25) is 0 Å². The van der Waals surface area contributed by atoms with Crippen molar-refractivity contribution in [3.8, 4) is 0 Å². The van der Waals surface area contributed by atoms with Crippen LogP contribution in [-0.4, -0.2) is 31.6 Å². The quantitative estimate of drug-likeness (QED) is 0.737. The predicted octanol–water partition coefficient (Wildman–Crippen LogP) is 1.92. The minimum Gasteiger partial charge on any atom is -0.355 e. The molecule has 0 amide bonds. The van der Waals surface area contributed by atoms with E-state index in [9.17, 15) is 0 Å². The molecule has 1 aliphatic heterocycles. The molecule has 3 nitrogen and oxygen atoms in total. The molecule has 0 aromatic heterocycles. The molecule has 0 radical (unpaired) electrons. The fraction of sp³-hybridized carbons (Fsp3) is 1.00. The van der Waals surface area contributed by atoms with E-state index in [0.29, 0.717) is 12.9 Å². The highest BCUT2D eigenvalue weighted by Gasteiger charge is 2.20. The van der Waals surface area contributed by atoms with E-state index in [4.69, 9.17) is 9.47 Å². The van der Waals surface area contributed by atoms with Crippen LogP contribution >= 0.6 is 0 Å². The van der Waals surface area contributed by atoms with Crippen LogP contribution in [0.5, 0.6) is 0 Å². The Balaban J connectivity index is 2.17. The Labute approximate surface area is 87.2 Å². The lowest BCUT2D eigenvalue weighted by Gasteiger charge is -2.30. The van der Waals surface area contributed by atoms with Gasteiger partial charge in [0.1, 0.15) is 6.79 Å². The molecular weight excluding hydrogens is 178 g/mol. The Morgan fingerprint density at radius 1 is 1.43 bits per heavy atom. The van der Waals surface area contributed by atoms with Crippen molar-refractivity contribution in [3.63, 3.8) is 0 Å². The summed E-state index contributed by atoms with van der Waals surface area (Å²) in [5.74, 6) is 0. The molecule has 0 aromatic rings. The fourth-order valence-electron chi connectivity index (χ4n) is 1.77. The topological polar surface area (TPSA) is 30.5 Å². The molecule has 0 bridgehead atoms. The van der Waals surface area contributed by atoms with Gasteiger partial charge in [-0.3, -0.25) is 0 Å². The summed E-state index contributed by atoms with van der Waals surface area (Å²) < 4.78 is 10.6. The molecule has 1 fully saturated rings. The molecule has 1 heterocycles. The van der Waals surface area contributed by atoms with Crippen molar-refractivity contribution in [2.24, 2.45) is 0 Å². The maximum atomic E-state index is 5.47. The lowest BCUT2D eigenvalue weighted by atomic mass is 9.98. The molecule has 84 valence electrons. The summed E-state index contributed by atoms with van der Waals surface area (Å²) in [5.41, 5.74) is 0.233. The number of rotatable bonds is 5. The Hall–Kier alpha value is -0.120. The summed E-state index contributed by atoms with van der Waals surface area (Å²) in [5, 5.41) is 3.55. The molecule has 14 heavy (non-hydrogen) atoms. The Bertz CT molecular complexity index is 153. The van der Waals surface area contributed by atoms with Crippen molar-refractivity contribution in [2.75, 3.05) is 19.9 Å². The van der Waals surface area contributed by atoms with E-state index in [1.165, 1.54) is 12.8 Å². The predicted molar refractivity (Wildman–Crippen MR) is 57.3 cm³/mol. The van der Waals surface area contributed by atoms with E-state index >= 15 is 0 Å². The van der Waals surface area contributed by atoms with Crippen LogP contribution in [0.25, 0.3) is 0 Å². The minimum atomic E-state index is 0.233. The molecule has 0 aliphatic carbocycles. The third-order valence-corrected chi connectivity index (χ3v) is 2.65. The van der Waals surface area contributed by atoms with Gasteiger partial charge in [0, 0.05) is 12.1 Å². The Kier molecular flexibility index (Phi) is 4.85. The van der Waals surface area contributed by atoms with Gasteiger partial charge in [-0.25, -0.2) is 0 Å². The zero-order valence-corrected chi connectivity index (χ0v) is 9.64. The van der Waals surface area contributed by atoms with Gasteiger partial charge in [-0.05, 0) is 26.7 Å². The standard InChI is InChI=1S/C11H23NO2/c1-4-6-11(2,3)12-8-10-5-7-13-9-14-10/h10,12H,4-9H2,1-3H3. The van der Waals surface area contributed by atoms with Gasteiger partial charge in [0.05, 0.1) is 12.7 Å². The first-order chi connectivity index (χ1) is 6.64. The normalized spacial score (nSPS) is 23.8. The summed E-state index contributed by atoms with van der Waals surface area (Å²) in [6, 6.07) is 0. The molecule has 1 rings (SSSR count). The number of nitrogens with one attached hydrogen (secondary N) is 1. The van der Waals surface area contributed by atoms with Gasteiger partial charge in [0.25, 0.3) is 0 Å². The maximum absolute atomic E-state index is 5.47. The van der Waals surface area contributed by atoms with Crippen molar-refractivity contribution in [1.29, 1.82) is 0 Å². The molecule has 1 aliphatic rings. The van der Waals surface area contributed by atoms with E-state index in [1.807, 2.05) is 0 Å². The van der Waals surface area contributed by atoms with E-state index in [-0.39, 0.29) is 5.54 Å². The molecular formula is C11H23NO2. The first-order valence-corrected chi connectivity index (χ1v) is 5.58. The zero-order chi connectivity index (χ0) is 10.4. The number of hydrogen-bond donors (Lipinski definition) is 1. The minimum absolute atomic E-state index is 0.233. The van der Waals surface area contributed by atoms with Crippen molar-refractivity contribution >= 4 is 0 Å². The van der Waals surface area contributed by atoms with Crippen LogP contribution in [0.4, 0.5) is 0 Å². The summed E-state index contributed by atoms with van der Waals surface area (Å²) >= 11 is 0. The van der Waals surface area contributed by atoms with E-state index in [0.717, 1.165) is 19.6 Å². The highest BCUT2D eigenvalue weighted by Crippen LogP contribution is 2.12. The van der Waals surface area contributed by atoms with E-state index in [2.05, 4.69) is 26.1 Å². The zero-order valence-electron chi connectivity index (χ0n) is 9.64. The van der Waals surface area contributed by atoms with Crippen LogP contribution in [0.15, 0.2) is 0 Å². The van der Waals surface area contributed by atoms with Crippen LogP contribution in [-0.2, 0) is 9.47 Å². The largest absolute Gasteiger partial charge is 0.355 e. The van der Waals surface area contributed by atoms with Gasteiger partial charge in [0.2, 0.25) is 0 Å². The van der Waals surface area contributed by atoms with Crippen molar-refractivity contribution in [1.82, 2.24) is 5.32 Å². The van der Waals surface area contributed by atoms with Gasteiger partial charge < -0.3 is 14.8 Å². The fourth-order valence-corrected chi connectivity index (χ4v) is 1.77. The first kappa shape index (κ1) is 12.0. The molecule has 1 atom stereocenters. The molecule has 3 heteroatoms. The average Bonchev–Trinajstić information content (AvgIpc) is 2.17. The van der Waals surface area contributed by atoms with Crippen molar-refractivity contribution in [3.05, 3.63) is 0 Å². The summed E-state index contributed by atoms with van der Waals surface area (Å²) in [7, 11) is 0. The highest BCUT2D eigenvalue weighted by atomic mass is 16.7. The Morgan fingerprint density at radius 2 is 2.21 bits per heavy atom. The van der Waals surface area contributed by atoms with Crippen molar-refractivity contribution < 1.29 is 9.47 Å². The smallest absolute Gasteiger partial charge is 0.147 e. The maximum Gasteiger partial charge on any atom is 0.147 e. The monoisotopic (exact) mass is 201 g/mol. The van der Waals surface area contributed by atoms with Gasteiger partial charge in [-0.1, -0.05) is 13.3 Å².